The minimum Gasteiger partial charge on any atom is -0.493 e. The molecule has 0 aliphatic rings. The number of ether oxygens (including phenoxy) is 2. The van der Waals surface area contributed by atoms with Gasteiger partial charge in [0.15, 0.2) is 11.5 Å². The first-order chi connectivity index (χ1) is 12.1. The van der Waals surface area contributed by atoms with Gasteiger partial charge in [0.2, 0.25) is 0 Å². The molecule has 0 radical (unpaired) electrons. The SMILES string of the molecule is CCCNCCNC(=O)c1ccc(OCc2cnn(C)c2)c(OC)c1. The van der Waals surface area contributed by atoms with E-state index in [9.17, 15) is 4.79 Å². The van der Waals surface area contributed by atoms with Crippen LogP contribution in [0, 0.1) is 0 Å². The van der Waals surface area contributed by atoms with E-state index in [0.29, 0.717) is 30.2 Å². The molecular weight excluding hydrogens is 320 g/mol. The van der Waals surface area contributed by atoms with Crippen LogP contribution in [0.4, 0.5) is 0 Å². The lowest BCUT2D eigenvalue weighted by molar-refractivity contribution is 0.0953. The highest BCUT2D eigenvalue weighted by Crippen LogP contribution is 2.28. The van der Waals surface area contributed by atoms with Crippen molar-refractivity contribution in [1.82, 2.24) is 20.4 Å². The molecule has 1 aromatic carbocycles. The summed E-state index contributed by atoms with van der Waals surface area (Å²) in [6.07, 6.45) is 4.72. The van der Waals surface area contributed by atoms with Gasteiger partial charge in [-0.15, -0.1) is 0 Å². The van der Waals surface area contributed by atoms with Crippen LogP contribution < -0.4 is 20.1 Å². The first-order valence-electron chi connectivity index (χ1n) is 8.41. The number of carbonyl (C=O) groups excluding carboxylic acids is 1. The Morgan fingerprint density at radius 3 is 2.76 bits per heavy atom. The summed E-state index contributed by atoms with van der Waals surface area (Å²) in [7, 11) is 3.41. The molecule has 0 bridgehead atoms. The van der Waals surface area contributed by atoms with E-state index in [0.717, 1.165) is 25.1 Å². The summed E-state index contributed by atoms with van der Waals surface area (Å²) < 4.78 is 12.8. The van der Waals surface area contributed by atoms with Crippen LogP contribution in [0.3, 0.4) is 0 Å². The number of rotatable bonds is 10. The van der Waals surface area contributed by atoms with Crippen molar-refractivity contribution in [2.45, 2.75) is 20.0 Å². The number of benzene rings is 1. The van der Waals surface area contributed by atoms with Gasteiger partial charge in [-0.3, -0.25) is 9.48 Å². The molecule has 1 amide bonds. The van der Waals surface area contributed by atoms with Crippen molar-refractivity contribution in [1.29, 1.82) is 0 Å². The molecule has 2 aromatic rings. The minimum atomic E-state index is -0.129. The second-order valence-corrected chi connectivity index (χ2v) is 5.68. The maximum Gasteiger partial charge on any atom is 0.251 e. The first-order valence-corrected chi connectivity index (χ1v) is 8.41. The van der Waals surface area contributed by atoms with Crippen LogP contribution in [-0.2, 0) is 13.7 Å². The topological polar surface area (TPSA) is 77.4 Å². The van der Waals surface area contributed by atoms with Gasteiger partial charge in [0, 0.05) is 37.5 Å². The largest absolute Gasteiger partial charge is 0.493 e. The van der Waals surface area contributed by atoms with E-state index >= 15 is 0 Å². The molecule has 0 aliphatic carbocycles. The van der Waals surface area contributed by atoms with Gasteiger partial charge in [-0.05, 0) is 31.2 Å². The zero-order valence-electron chi connectivity index (χ0n) is 15.0. The second-order valence-electron chi connectivity index (χ2n) is 5.68. The van der Waals surface area contributed by atoms with Gasteiger partial charge < -0.3 is 20.1 Å². The fourth-order valence-corrected chi connectivity index (χ4v) is 2.30. The summed E-state index contributed by atoms with van der Waals surface area (Å²) in [5.41, 5.74) is 1.51. The van der Waals surface area contributed by atoms with Gasteiger partial charge in [0.1, 0.15) is 6.61 Å². The van der Waals surface area contributed by atoms with Gasteiger partial charge in [0.25, 0.3) is 5.91 Å². The molecule has 0 fully saturated rings. The van der Waals surface area contributed by atoms with Crippen LogP contribution >= 0.6 is 0 Å². The van der Waals surface area contributed by atoms with Crippen LogP contribution in [0.1, 0.15) is 29.3 Å². The highest BCUT2D eigenvalue weighted by atomic mass is 16.5. The third-order valence-electron chi connectivity index (χ3n) is 3.59. The molecular formula is C18H26N4O3. The van der Waals surface area contributed by atoms with E-state index in [2.05, 4.69) is 22.7 Å². The number of amides is 1. The molecule has 136 valence electrons. The molecule has 25 heavy (non-hydrogen) atoms. The van der Waals surface area contributed by atoms with E-state index in [-0.39, 0.29) is 5.91 Å². The molecule has 2 N–H and O–H groups in total. The predicted octanol–water partition coefficient (Wildman–Crippen LogP) is 1.74. The van der Waals surface area contributed by atoms with Crippen LogP contribution in [0.25, 0.3) is 0 Å². The summed E-state index contributed by atoms with van der Waals surface area (Å²) in [5, 5.41) is 10.2. The summed E-state index contributed by atoms with van der Waals surface area (Å²) in [6.45, 7) is 4.78. The summed E-state index contributed by atoms with van der Waals surface area (Å²) in [4.78, 5) is 12.2. The third-order valence-corrected chi connectivity index (χ3v) is 3.59. The van der Waals surface area contributed by atoms with E-state index < -0.39 is 0 Å². The highest BCUT2D eigenvalue weighted by molar-refractivity contribution is 5.94. The van der Waals surface area contributed by atoms with Crippen molar-refractivity contribution in [2.24, 2.45) is 7.05 Å². The molecule has 2 rings (SSSR count). The Morgan fingerprint density at radius 2 is 2.08 bits per heavy atom. The van der Waals surface area contributed by atoms with Crippen LogP contribution in [0.15, 0.2) is 30.6 Å². The fraction of sp³-hybridized carbons (Fsp3) is 0.444. The Hall–Kier alpha value is -2.54. The van der Waals surface area contributed by atoms with Gasteiger partial charge in [-0.25, -0.2) is 0 Å². The van der Waals surface area contributed by atoms with Crippen molar-refractivity contribution in [3.63, 3.8) is 0 Å². The van der Waals surface area contributed by atoms with Gasteiger partial charge in [-0.2, -0.15) is 5.10 Å². The van der Waals surface area contributed by atoms with Crippen molar-refractivity contribution in [2.75, 3.05) is 26.7 Å². The quantitative estimate of drug-likeness (QED) is 0.641. The van der Waals surface area contributed by atoms with E-state index in [4.69, 9.17) is 9.47 Å². The molecule has 7 nitrogen and oxygen atoms in total. The number of hydrogen-bond donors (Lipinski definition) is 2. The lowest BCUT2D eigenvalue weighted by Crippen LogP contribution is -2.32. The van der Waals surface area contributed by atoms with Crippen molar-refractivity contribution < 1.29 is 14.3 Å². The molecule has 1 aromatic heterocycles. The number of methoxy groups -OCH3 is 1. The van der Waals surface area contributed by atoms with Crippen LogP contribution in [0.5, 0.6) is 11.5 Å². The monoisotopic (exact) mass is 346 g/mol. The standard InChI is InChI=1S/C18H26N4O3/c1-4-7-19-8-9-20-18(23)15-5-6-16(17(10-15)24-3)25-13-14-11-21-22(2)12-14/h5-6,10-12,19H,4,7-9,13H2,1-3H3,(H,20,23). The summed E-state index contributed by atoms with van der Waals surface area (Å²) >= 11 is 0. The Morgan fingerprint density at radius 1 is 1.24 bits per heavy atom. The lowest BCUT2D eigenvalue weighted by atomic mass is 10.2. The third kappa shape index (κ3) is 5.79. The Bertz CT molecular complexity index is 685. The van der Waals surface area contributed by atoms with Crippen LogP contribution in [0.2, 0.25) is 0 Å². The lowest BCUT2D eigenvalue weighted by Gasteiger charge is -2.12. The van der Waals surface area contributed by atoms with E-state index in [1.807, 2.05) is 13.2 Å². The molecule has 0 atom stereocenters. The Labute approximate surface area is 148 Å². The number of nitrogens with one attached hydrogen (secondary N) is 2. The van der Waals surface area contributed by atoms with E-state index in [1.165, 1.54) is 0 Å². The molecule has 0 spiro atoms. The number of carbonyl (C=O) groups is 1. The normalized spacial score (nSPS) is 10.5. The zero-order chi connectivity index (χ0) is 18.1. The number of aromatic nitrogens is 2. The molecule has 0 unspecified atom stereocenters. The molecule has 0 saturated carbocycles. The zero-order valence-corrected chi connectivity index (χ0v) is 15.0. The summed E-state index contributed by atoms with van der Waals surface area (Å²) in [5.74, 6) is 0.989. The number of aryl methyl sites for hydroxylation is 1. The average molecular weight is 346 g/mol. The Balaban J connectivity index is 1.92. The first kappa shape index (κ1) is 18.8. The number of hydrogen-bond acceptors (Lipinski definition) is 5. The van der Waals surface area contributed by atoms with Crippen molar-refractivity contribution in [3.8, 4) is 11.5 Å². The van der Waals surface area contributed by atoms with E-state index in [1.54, 1.807) is 36.2 Å². The van der Waals surface area contributed by atoms with Gasteiger partial charge in [-0.1, -0.05) is 6.92 Å². The molecule has 1 heterocycles. The van der Waals surface area contributed by atoms with Gasteiger partial charge in [0.05, 0.1) is 13.3 Å². The smallest absolute Gasteiger partial charge is 0.251 e. The van der Waals surface area contributed by atoms with Crippen LogP contribution in [-0.4, -0.2) is 42.4 Å². The maximum atomic E-state index is 12.2. The average Bonchev–Trinajstić information content (AvgIpc) is 3.04. The van der Waals surface area contributed by atoms with Gasteiger partial charge >= 0.3 is 0 Å². The van der Waals surface area contributed by atoms with Crippen molar-refractivity contribution >= 4 is 5.91 Å². The predicted molar refractivity (Wildman–Crippen MR) is 96.0 cm³/mol. The highest BCUT2D eigenvalue weighted by Gasteiger charge is 2.11. The Kier molecular flexibility index (Phi) is 7.28. The fourth-order valence-electron chi connectivity index (χ4n) is 2.30. The summed E-state index contributed by atoms with van der Waals surface area (Å²) in [6, 6.07) is 5.17. The number of nitrogens with zero attached hydrogens (tertiary/aromatic N) is 2. The molecule has 0 saturated heterocycles. The molecule has 0 aliphatic heterocycles. The maximum absolute atomic E-state index is 12.2. The minimum absolute atomic E-state index is 0.129. The molecule has 7 heteroatoms. The van der Waals surface area contributed by atoms with Crippen molar-refractivity contribution in [3.05, 3.63) is 41.7 Å². The second kappa shape index (κ2) is 9.68.